The highest BCUT2D eigenvalue weighted by Crippen LogP contribution is 2.28. The third-order valence-corrected chi connectivity index (χ3v) is 5.87. The highest BCUT2D eigenvalue weighted by Gasteiger charge is 2.14. The normalized spacial score (nSPS) is 11.5. The summed E-state index contributed by atoms with van der Waals surface area (Å²) in [5.41, 5.74) is 4.53. The summed E-state index contributed by atoms with van der Waals surface area (Å²) in [7, 11) is 1.70. The smallest absolute Gasteiger partial charge is 0.119 e. The van der Waals surface area contributed by atoms with Crippen LogP contribution < -0.4 is 9.64 Å². The predicted octanol–water partition coefficient (Wildman–Crippen LogP) is 5.07. The van der Waals surface area contributed by atoms with E-state index in [9.17, 15) is 0 Å². The molecule has 0 aliphatic rings. The Kier molecular flexibility index (Phi) is 6.19. The lowest BCUT2D eigenvalue weighted by molar-refractivity contribution is 0.309. The van der Waals surface area contributed by atoms with E-state index < -0.39 is 0 Å². The summed E-state index contributed by atoms with van der Waals surface area (Å²) in [6.45, 7) is 9.25. The summed E-state index contributed by atoms with van der Waals surface area (Å²) in [6.07, 6.45) is 1.93. The van der Waals surface area contributed by atoms with Gasteiger partial charge in [-0.2, -0.15) is 0 Å². The maximum atomic E-state index is 5.35. The number of methoxy groups -OCH3 is 1. The number of ether oxygens (including phenoxy) is 1. The zero-order valence-electron chi connectivity index (χ0n) is 18.1. The van der Waals surface area contributed by atoms with Gasteiger partial charge in [-0.25, -0.2) is 0 Å². The summed E-state index contributed by atoms with van der Waals surface area (Å²) < 4.78 is 5.35. The number of likely N-dealkylation sites (N-methyl/N-ethyl adjacent to an activating group) is 1. The molecule has 5 heteroatoms. The van der Waals surface area contributed by atoms with Gasteiger partial charge in [-0.1, -0.05) is 32.0 Å². The number of H-pyrrole nitrogens is 1. The molecule has 0 bridgehead atoms. The van der Waals surface area contributed by atoms with Crippen LogP contribution in [0.5, 0.6) is 5.75 Å². The molecule has 0 unspecified atom stereocenters. The number of pyridine rings is 1. The van der Waals surface area contributed by atoms with E-state index in [1.54, 1.807) is 7.11 Å². The molecular formula is C25H30N4O. The van der Waals surface area contributed by atoms with Crippen molar-refractivity contribution in [2.24, 2.45) is 0 Å². The number of hydrogen-bond acceptors (Lipinski definition) is 4. The van der Waals surface area contributed by atoms with Crippen LogP contribution in [0, 0.1) is 0 Å². The lowest BCUT2D eigenvalue weighted by atomic mass is 10.1. The van der Waals surface area contributed by atoms with E-state index >= 15 is 0 Å². The van der Waals surface area contributed by atoms with Crippen LogP contribution in [0.15, 0.2) is 60.8 Å². The summed E-state index contributed by atoms with van der Waals surface area (Å²) >= 11 is 0. The Morgan fingerprint density at radius 2 is 1.67 bits per heavy atom. The van der Waals surface area contributed by atoms with Gasteiger partial charge in [-0.05, 0) is 49.5 Å². The quantitative estimate of drug-likeness (QED) is 0.424. The van der Waals surface area contributed by atoms with Gasteiger partial charge >= 0.3 is 0 Å². The molecule has 0 saturated heterocycles. The van der Waals surface area contributed by atoms with Crippen LogP contribution in [-0.4, -0.2) is 48.2 Å². The average molecular weight is 403 g/mol. The molecule has 4 aromatic rings. The molecule has 0 saturated carbocycles. The first-order chi connectivity index (χ1) is 14.7. The fourth-order valence-electron chi connectivity index (χ4n) is 4.03. The highest BCUT2D eigenvalue weighted by molar-refractivity contribution is 6.07. The van der Waals surface area contributed by atoms with Crippen LogP contribution in [0.25, 0.3) is 21.8 Å². The molecule has 0 atom stereocenters. The van der Waals surface area contributed by atoms with Crippen LogP contribution >= 0.6 is 0 Å². The number of benzene rings is 2. The Bertz CT molecular complexity index is 1100. The molecule has 0 radical (unpaired) electrons. The van der Waals surface area contributed by atoms with Crippen LogP contribution in [-0.2, 0) is 6.54 Å². The zero-order chi connectivity index (χ0) is 20.9. The van der Waals surface area contributed by atoms with Gasteiger partial charge < -0.3 is 19.5 Å². The fourth-order valence-corrected chi connectivity index (χ4v) is 4.03. The van der Waals surface area contributed by atoms with Crippen molar-refractivity contribution in [3.8, 4) is 5.75 Å². The van der Waals surface area contributed by atoms with Gasteiger partial charge in [0.15, 0.2) is 0 Å². The van der Waals surface area contributed by atoms with Crippen molar-refractivity contribution in [1.29, 1.82) is 0 Å². The lowest BCUT2D eigenvalue weighted by Gasteiger charge is -2.28. The molecule has 156 valence electrons. The Morgan fingerprint density at radius 3 is 2.40 bits per heavy atom. The minimum absolute atomic E-state index is 0.748. The first-order valence-corrected chi connectivity index (χ1v) is 10.7. The van der Waals surface area contributed by atoms with E-state index in [1.165, 1.54) is 16.5 Å². The van der Waals surface area contributed by atoms with Gasteiger partial charge in [-0.15, -0.1) is 0 Å². The molecule has 1 N–H and O–H groups in total. The summed E-state index contributed by atoms with van der Waals surface area (Å²) in [5.74, 6) is 0.873. The number of rotatable bonds is 9. The molecule has 2 aromatic heterocycles. The summed E-state index contributed by atoms with van der Waals surface area (Å²) in [6, 6.07) is 18.9. The summed E-state index contributed by atoms with van der Waals surface area (Å²) in [4.78, 5) is 13.2. The Hall–Kier alpha value is -3.05. The van der Waals surface area contributed by atoms with Gasteiger partial charge in [0.2, 0.25) is 0 Å². The van der Waals surface area contributed by atoms with Crippen molar-refractivity contribution >= 4 is 27.5 Å². The van der Waals surface area contributed by atoms with Crippen LogP contribution in [0.4, 0.5) is 5.69 Å². The summed E-state index contributed by atoms with van der Waals surface area (Å²) in [5, 5.41) is 2.48. The molecule has 2 heterocycles. The number of hydrogen-bond donors (Lipinski definition) is 1. The second kappa shape index (κ2) is 9.18. The topological polar surface area (TPSA) is 44.4 Å². The number of nitrogens with zero attached hydrogens (tertiary/aromatic N) is 3. The molecule has 0 fully saturated rings. The Morgan fingerprint density at radius 1 is 0.900 bits per heavy atom. The Balaban J connectivity index is 1.68. The molecule has 30 heavy (non-hydrogen) atoms. The van der Waals surface area contributed by atoms with Crippen molar-refractivity contribution in [3.63, 3.8) is 0 Å². The first-order valence-electron chi connectivity index (χ1n) is 10.7. The number of nitrogens with one attached hydrogen (secondary N) is 1. The number of aromatic amines is 1. The van der Waals surface area contributed by atoms with Gasteiger partial charge in [0, 0.05) is 41.3 Å². The standard InChI is InChI=1S/C25H30N4O/c1-4-28(5-2)16-17-29(19-10-12-20(30-3)13-11-19)18-24-25-22(14-15-26-24)21-8-6-7-9-23(21)27-25/h6-15,27H,4-5,16-18H2,1-3H3. The largest absolute Gasteiger partial charge is 0.497 e. The maximum absolute atomic E-state index is 5.35. The lowest BCUT2D eigenvalue weighted by Crippen LogP contribution is -2.35. The van der Waals surface area contributed by atoms with Crippen LogP contribution in [0.1, 0.15) is 19.5 Å². The zero-order valence-corrected chi connectivity index (χ0v) is 18.1. The minimum Gasteiger partial charge on any atom is -0.497 e. The molecule has 0 amide bonds. The fraction of sp³-hybridized carbons (Fsp3) is 0.320. The monoisotopic (exact) mass is 402 g/mol. The predicted molar refractivity (Wildman–Crippen MR) is 125 cm³/mol. The molecule has 0 aliphatic heterocycles. The molecule has 2 aromatic carbocycles. The second-order valence-electron chi connectivity index (χ2n) is 7.50. The third kappa shape index (κ3) is 4.12. The number of anilines is 1. The molecule has 4 rings (SSSR count). The molecular weight excluding hydrogens is 372 g/mol. The molecule has 0 spiro atoms. The van der Waals surface area contributed by atoms with Crippen molar-refractivity contribution in [1.82, 2.24) is 14.9 Å². The van der Waals surface area contributed by atoms with Crippen LogP contribution in [0.2, 0.25) is 0 Å². The van der Waals surface area contributed by atoms with E-state index in [0.29, 0.717) is 0 Å². The number of aromatic nitrogens is 2. The molecule has 0 aliphatic carbocycles. The number of para-hydroxylation sites is 1. The SMILES string of the molecule is CCN(CC)CCN(Cc1nccc2c1[nH]c1ccccc12)c1ccc(OC)cc1. The van der Waals surface area contributed by atoms with E-state index in [2.05, 4.69) is 71.1 Å². The number of fused-ring (bicyclic) bond motifs is 3. The Labute approximate surface area is 178 Å². The second-order valence-corrected chi connectivity index (χ2v) is 7.50. The highest BCUT2D eigenvalue weighted by atomic mass is 16.5. The van der Waals surface area contributed by atoms with Gasteiger partial charge in [0.25, 0.3) is 0 Å². The van der Waals surface area contributed by atoms with Crippen molar-refractivity contribution in [2.75, 3.05) is 38.2 Å². The van der Waals surface area contributed by atoms with Gasteiger partial charge in [0.1, 0.15) is 5.75 Å². The van der Waals surface area contributed by atoms with Crippen molar-refractivity contribution in [2.45, 2.75) is 20.4 Å². The van der Waals surface area contributed by atoms with Crippen LogP contribution in [0.3, 0.4) is 0 Å². The minimum atomic E-state index is 0.748. The van der Waals surface area contributed by atoms with Gasteiger partial charge in [-0.3, -0.25) is 4.98 Å². The van der Waals surface area contributed by atoms with Crippen molar-refractivity contribution in [3.05, 3.63) is 66.5 Å². The third-order valence-electron chi connectivity index (χ3n) is 5.87. The first kappa shape index (κ1) is 20.2. The maximum Gasteiger partial charge on any atom is 0.119 e. The average Bonchev–Trinajstić information content (AvgIpc) is 3.19. The van der Waals surface area contributed by atoms with Crippen molar-refractivity contribution < 1.29 is 4.74 Å². The molecule has 5 nitrogen and oxygen atoms in total. The van der Waals surface area contributed by atoms with E-state index in [-0.39, 0.29) is 0 Å². The van der Waals surface area contributed by atoms with E-state index in [0.717, 1.165) is 55.2 Å². The van der Waals surface area contributed by atoms with E-state index in [1.807, 2.05) is 18.3 Å². The van der Waals surface area contributed by atoms with E-state index in [4.69, 9.17) is 9.72 Å². The van der Waals surface area contributed by atoms with Gasteiger partial charge in [0.05, 0.1) is 24.9 Å².